The zero-order chi connectivity index (χ0) is 18.7. The van der Waals surface area contributed by atoms with Crippen molar-refractivity contribution < 1.29 is 19.7 Å². The molecule has 0 bridgehead atoms. The summed E-state index contributed by atoms with van der Waals surface area (Å²) >= 11 is 1.28. The fraction of sp³-hybridized carbons (Fsp3) is 0.200. The van der Waals surface area contributed by atoms with E-state index in [-0.39, 0.29) is 11.5 Å². The molecule has 0 saturated heterocycles. The number of nitrogen functional groups attached to an aromatic ring is 1. The summed E-state index contributed by atoms with van der Waals surface area (Å²) in [7, 11) is 0. The van der Waals surface area contributed by atoms with Crippen LogP contribution in [-0.2, 0) is 22.5 Å². The highest BCUT2D eigenvalue weighted by atomic mass is 32.1. The molecule has 3 rings (SSSR count). The number of H-pyrrole nitrogens is 2. The van der Waals surface area contributed by atoms with E-state index in [2.05, 4.69) is 25.2 Å². The van der Waals surface area contributed by atoms with E-state index in [0.29, 0.717) is 28.8 Å². The summed E-state index contributed by atoms with van der Waals surface area (Å²) in [6.07, 6.45) is 2.91. The van der Waals surface area contributed by atoms with E-state index >= 15 is 0 Å². The second-order valence-electron chi connectivity index (χ2n) is 5.40. The van der Waals surface area contributed by atoms with Gasteiger partial charge in [0.1, 0.15) is 12.2 Å². The van der Waals surface area contributed by atoms with Crippen LogP contribution >= 0.6 is 11.3 Å². The fourth-order valence-corrected chi connectivity index (χ4v) is 3.41. The Morgan fingerprint density at radius 1 is 1.35 bits per heavy atom. The molecule has 0 saturated carbocycles. The van der Waals surface area contributed by atoms with E-state index in [1.165, 1.54) is 11.3 Å². The molecule has 0 aliphatic rings. The van der Waals surface area contributed by atoms with Crippen molar-refractivity contribution in [3.05, 3.63) is 44.0 Å². The van der Waals surface area contributed by atoms with Crippen molar-refractivity contribution in [2.45, 2.75) is 12.8 Å². The molecule has 0 spiro atoms. The van der Waals surface area contributed by atoms with E-state index in [4.69, 9.17) is 11.0 Å². The molecular weight excluding hydrogens is 362 g/mol. The van der Waals surface area contributed by atoms with Crippen molar-refractivity contribution in [2.24, 2.45) is 0 Å². The first-order chi connectivity index (χ1) is 12.5. The molecule has 136 valence electrons. The number of amides is 1. The number of aromatic nitrogens is 3. The normalized spacial score (nSPS) is 10.8. The van der Waals surface area contributed by atoms with Gasteiger partial charge in [0.2, 0.25) is 5.95 Å². The van der Waals surface area contributed by atoms with Crippen molar-refractivity contribution in [3.63, 3.8) is 0 Å². The van der Waals surface area contributed by atoms with Crippen molar-refractivity contribution in [1.29, 1.82) is 0 Å². The highest BCUT2D eigenvalue weighted by molar-refractivity contribution is 7.14. The topological polar surface area (TPSA) is 163 Å². The van der Waals surface area contributed by atoms with Crippen LogP contribution in [0.3, 0.4) is 0 Å². The summed E-state index contributed by atoms with van der Waals surface area (Å²) in [6.45, 7) is -0.420. The number of nitrogens with one attached hydrogen (secondary N) is 3. The Labute approximate surface area is 149 Å². The van der Waals surface area contributed by atoms with Gasteiger partial charge in [0.05, 0.1) is 10.3 Å². The van der Waals surface area contributed by atoms with Gasteiger partial charge in [-0.2, -0.15) is 10.2 Å². The molecule has 0 unspecified atom stereocenters. The number of rotatable bonds is 6. The third-order valence-electron chi connectivity index (χ3n) is 3.66. The van der Waals surface area contributed by atoms with Gasteiger partial charge < -0.3 is 16.0 Å². The number of nitrogens with zero attached hydrogens (tertiary/aromatic N) is 1. The third kappa shape index (κ3) is 3.73. The number of carbonyl (C=O) groups excluding carboxylic acids is 2. The Morgan fingerprint density at radius 3 is 2.92 bits per heavy atom. The van der Waals surface area contributed by atoms with Crippen LogP contribution in [-0.4, -0.2) is 38.6 Å². The summed E-state index contributed by atoms with van der Waals surface area (Å²) in [5.41, 5.74) is 6.45. The highest BCUT2D eigenvalue weighted by Crippen LogP contribution is 2.20. The lowest BCUT2D eigenvalue weighted by atomic mass is 10.1. The van der Waals surface area contributed by atoms with Crippen LogP contribution in [0, 0.1) is 0 Å². The second-order valence-corrected chi connectivity index (χ2v) is 6.57. The number of anilines is 1. The number of carbonyl (C=O) groups is 2. The first kappa shape index (κ1) is 17.6. The first-order valence-electron chi connectivity index (χ1n) is 7.55. The molecule has 10 nitrogen and oxygen atoms in total. The predicted octanol–water partition coefficient (Wildman–Crippen LogP) is 0.426. The summed E-state index contributed by atoms with van der Waals surface area (Å²) in [4.78, 5) is 49.0. The SMILES string of the molecule is Nc1nc2[nH]cc(CCc3ccc(C(=O)NCC(=O)OO)s3)c2c(=O)[nH]1. The molecule has 0 aliphatic carbocycles. The molecule has 0 aromatic carbocycles. The zero-order valence-corrected chi connectivity index (χ0v) is 14.2. The second kappa shape index (κ2) is 7.37. The van der Waals surface area contributed by atoms with Crippen LogP contribution in [0.25, 0.3) is 11.0 Å². The number of nitrogens with two attached hydrogens (primary N) is 1. The maximum Gasteiger partial charge on any atom is 0.360 e. The minimum atomic E-state index is -0.950. The summed E-state index contributed by atoms with van der Waals surface area (Å²) < 4.78 is 0. The first-order valence-corrected chi connectivity index (χ1v) is 8.36. The van der Waals surface area contributed by atoms with E-state index in [9.17, 15) is 14.4 Å². The van der Waals surface area contributed by atoms with Crippen LogP contribution in [0.4, 0.5) is 5.95 Å². The molecule has 0 aliphatic heterocycles. The molecule has 0 atom stereocenters. The predicted molar refractivity (Wildman–Crippen MR) is 93.9 cm³/mol. The van der Waals surface area contributed by atoms with Crippen molar-refractivity contribution in [2.75, 3.05) is 12.3 Å². The van der Waals surface area contributed by atoms with Gasteiger partial charge in [0.25, 0.3) is 11.5 Å². The number of aryl methyl sites for hydroxylation is 2. The quantitative estimate of drug-likeness (QED) is 0.307. The number of fused-ring (bicyclic) bond motifs is 1. The number of thiophene rings is 1. The Morgan fingerprint density at radius 2 is 2.15 bits per heavy atom. The van der Waals surface area contributed by atoms with Crippen LogP contribution in [0.2, 0.25) is 0 Å². The van der Waals surface area contributed by atoms with Gasteiger partial charge in [-0.05, 0) is 30.5 Å². The Balaban J connectivity index is 1.66. The van der Waals surface area contributed by atoms with Crippen LogP contribution < -0.4 is 16.6 Å². The molecule has 11 heteroatoms. The summed E-state index contributed by atoms with van der Waals surface area (Å²) in [5.74, 6) is -1.33. The average Bonchev–Trinajstić information content (AvgIpc) is 3.24. The lowest BCUT2D eigenvalue weighted by Gasteiger charge is -2.00. The van der Waals surface area contributed by atoms with Gasteiger partial charge in [0, 0.05) is 11.1 Å². The van der Waals surface area contributed by atoms with E-state index in [0.717, 1.165) is 10.4 Å². The summed E-state index contributed by atoms with van der Waals surface area (Å²) in [6, 6.07) is 3.45. The Kier molecular flexibility index (Phi) is 5.00. The monoisotopic (exact) mass is 377 g/mol. The van der Waals surface area contributed by atoms with Crippen LogP contribution in [0.5, 0.6) is 0 Å². The fourth-order valence-electron chi connectivity index (χ4n) is 2.48. The third-order valence-corrected chi connectivity index (χ3v) is 4.81. The van der Waals surface area contributed by atoms with Gasteiger partial charge in [-0.15, -0.1) is 11.3 Å². The molecule has 0 radical (unpaired) electrons. The molecule has 1 amide bonds. The molecule has 3 aromatic heterocycles. The molecule has 3 aromatic rings. The smallest absolute Gasteiger partial charge is 0.360 e. The molecule has 3 heterocycles. The van der Waals surface area contributed by atoms with E-state index < -0.39 is 18.4 Å². The van der Waals surface area contributed by atoms with Crippen LogP contribution in [0.15, 0.2) is 23.1 Å². The van der Waals surface area contributed by atoms with Crippen molar-refractivity contribution >= 4 is 40.2 Å². The number of aromatic amines is 2. The zero-order valence-electron chi connectivity index (χ0n) is 13.4. The van der Waals surface area contributed by atoms with E-state index in [1.54, 1.807) is 18.3 Å². The van der Waals surface area contributed by atoms with E-state index in [1.807, 2.05) is 0 Å². The maximum absolute atomic E-state index is 12.0. The lowest BCUT2D eigenvalue weighted by molar-refractivity contribution is -0.232. The average molecular weight is 377 g/mol. The van der Waals surface area contributed by atoms with Gasteiger partial charge in [-0.3, -0.25) is 19.5 Å². The Bertz CT molecular complexity index is 1020. The minimum absolute atomic E-state index is 0.0508. The van der Waals surface area contributed by atoms with Crippen molar-refractivity contribution in [3.8, 4) is 0 Å². The maximum atomic E-state index is 12.0. The minimum Gasteiger partial charge on any atom is -0.369 e. The van der Waals surface area contributed by atoms with Gasteiger partial charge in [-0.1, -0.05) is 0 Å². The van der Waals surface area contributed by atoms with Gasteiger partial charge >= 0.3 is 5.97 Å². The molecule has 0 fully saturated rings. The molecule has 26 heavy (non-hydrogen) atoms. The van der Waals surface area contributed by atoms with Crippen molar-refractivity contribution in [1.82, 2.24) is 20.3 Å². The van der Waals surface area contributed by atoms with Gasteiger partial charge in [0.15, 0.2) is 0 Å². The van der Waals surface area contributed by atoms with Gasteiger partial charge in [-0.25, -0.2) is 4.79 Å². The number of hydrogen-bond acceptors (Lipinski definition) is 8. The molecule has 6 N–H and O–H groups in total. The standard InChI is InChI=1S/C15H15N5O5S/c16-15-19-12-11(14(23)20-15)7(5-17-12)1-2-8-3-4-9(26-8)13(22)18-6-10(21)25-24/h3-5,24H,1-2,6H2,(H,18,22)(H4,16,17,19,20,23). The highest BCUT2D eigenvalue weighted by Gasteiger charge is 2.13. The summed E-state index contributed by atoms with van der Waals surface area (Å²) in [5, 5.41) is 11.0. The molecular formula is C15H15N5O5S. The largest absolute Gasteiger partial charge is 0.369 e. The Hall–Kier alpha value is -3.18. The lowest BCUT2D eigenvalue weighted by Crippen LogP contribution is -2.29. The number of hydrogen-bond donors (Lipinski definition) is 5. The van der Waals surface area contributed by atoms with Crippen LogP contribution in [0.1, 0.15) is 20.1 Å².